The molecule has 0 saturated carbocycles. The van der Waals surface area contributed by atoms with Gasteiger partial charge in [0, 0.05) is 61.7 Å². The molecule has 0 aliphatic heterocycles. The van der Waals surface area contributed by atoms with Crippen LogP contribution in [-0.2, 0) is 59.6 Å². The van der Waals surface area contributed by atoms with E-state index in [2.05, 4.69) is 93.3 Å². The summed E-state index contributed by atoms with van der Waals surface area (Å²) in [7, 11) is 0. The fraction of sp³-hybridized carbons (Fsp3) is 0.600. The molecule has 14 nitrogen and oxygen atoms in total. The summed E-state index contributed by atoms with van der Waals surface area (Å²) in [6.07, 6.45) is 21.3. The fourth-order valence-electron chi connectivity index (χ4n) is 5.23. The summed E-state index contributed by atoms with van der Waals surface area (Å²) in [6.45, 7) is 64.6. The summed E-state index contributed by atoms with van der Waals surface area (Å²) in [4.78, 5) is 65.5. The molecule has 2 aromatic heterocycles. The minimum absolute atomic E-state index is 0.00625. The number of ether oxygens (including phenoxy) is 5. The van der Waals surface area contributed by atoms with Crippen LogP contribution in [0.25, 0.3) is 6.08 Å². The maximum atomic E-state index is 12.3. The molecule has 0 aliphatic rings. The zero-order valence-corrected chi connectivity index (χ0v) is 54.0. The Hall–Kier alpha value is -6.11. The SMILES string of the molecule is C#CC(=O)CC(C)(C)C.C=C(COC(C)C)C(=O)OCC.C=CC(=O)OC(C=C)C(C)(C)C.C=Cc1nccn1CC(C)(C)C.CC(C)(C)c1cnc(F)nc1.CC(C)=CC(=O)CC(C)(C)C.CCOC(=O)/C=C/COC(C)(C)C. The third-order valence-electron chi connectivity index (χ3n) is 8.85. The van der Waals surface area contributed by atoms with Crippen molar-refractivity contribution in [2.45, 2.75) is 209 Å². The number of esters is 3. The van der Waals surface area contributed by atoms with Gasteiger partial charge in [-0.3, -0.25) is 9.59 Å². The Labute approximate surface area is 484 Å². The van der Waals surface area contributed by atoms with Crippen LogP contribution >= 0.6 is 0 Å². The zero-order chi connectivity index (χ0) is 63.9. The molecule has 2 rings (SSSR count). The molecular formula is C65H107FN4O10. The molecule has 15 heteroatoms. The highest BCUT2D eigenvalue weighted by molar-refractivity contribution is 5.95. The predicted octanol–water partition coefficient (Wildman–Crippen LogP) is 14.8. The first kappa shape index (κ1) is 82.7. The van der Waals surface area contributed by atoms with Crippen molar-refractivity contribution in [2.75, 3.05) is 26.4 Å². The van der Waals surface area contributed by atoms with E-state index < -0.39 is 12.0 Å². The first-order chi connectivity index (χ1) is 36.2. The maximum Gasteiger partial charge on any atom is 0.335 e. The number of hydrogen-bond acceptors (Lipinski definition) is 13. The first-order valence-corrected chi connectivity index (χ1v) is 26.9. The molecule has 0 N–H and O–H groups in total. The van der Waals surface area contributed by atoms with E-state index >= 15 is 0 Å². The van der Waals surface area contributed by atoms with E-state index in [4.69, 9.17) is 30.1 Å². The molecule has 0 fully saturated rings. The van der Waals surface area contributed by atoms with Gasteiger partial charge < -0.3 is 28.3 Å². The normalized spacial score (nSPS) is 11.5. The lowest BCUT2D eigenvalue weighted by molar-refractivity contribution is -0.145. The lowest BCUT2D eigenvalue weighted by Gasteiger charge is -2.26. The van der Waals surface area contributed by atoms with E-state index in [0.717, 1.165) is 29.6 Å². The minimum atomic E-state index is -0.669. The number of rotatable bonds is 17. The molecule has 2 aromatic rings. The summed E-state index contributed by atoms with van der Waals surface area (Å²) in [6, 6.07) is 0. The van der Waals surface area contributed by atoms with Gasteiger partial charge in [0.05, 0.1) is 43.7 Å². The Morgan fingerprint density at radius 2 is 1.27 bits per heavy atom. The van der Waals surface area contributed by atoms with Gasteiger partial charge in [-0.25, -0.2) is 29.3 Å². The Morgan fingerprint density at radius 3 is 1.62 bits per heavy atom. The molecule has 0 amide bonds. The van der Waals surface area contributed by atoms with Crippen LogP contribution in [0.4, 0.5) is 4.39 Å². The number of Topliss-reactive ketones (excluding diaryl/α,β-unsaturated/α-hetero) is 1. The topological polar surface area (TPSA) is 175 Å². The van der Waals surface area contributed by atoms with Gasteiger partial charge in [-0.2, -0.15) is 4.39 Å². The number of carbonyl (C=O) groups is 5. The third-order valence-corrected chi connectivity index (χ3v) is 8.85. The monoisotopic (exact) mass is 1120 g/mol. The van der Waals surface area contributed by atoms with E-state index in [0.29, 0.717) is 43.7 Å². The molecule has 0 radical (unpaired) electrons. The molecule has 1 unspecified atom stereocenters. The highest BCUT2D eigenvalue weighted by Gasteiger charge is 2.24. The largest absolute Gasteiger partial charge is 0.463 e. The molecule has 2 heterocycles. The number of imidazole rings is 1. The van der Waals surface area contributed by atoms with Gasteiger partial charge in [-0.05, 0) is 108 Å². The van der Waals surface area contributed by atoms with E-state index in [9.17, 15) is 28.4 Å². The second-order valence-electron chi connectivity index (χ2n) is 25.3. The highest BCUT2D eigenvalue weighted by Crippen LogP contribution is 2.24. The molecule has 0 aromatic carbocycles. The van der Waals surface area contributed by atoms with Crippen LogP contribution in [0.15, 0.2) is 92.6 Å². The summed E-state index contributed by atoms with van der Waals surface area (Å²) >= 11 is 0. The Bertz CT molecular complexity index is 2240. The Balaban J connectivity index is -0.000000274. The molecule has 454 valence electrons. The lowest BCUT2D eigenvalue weighted by Crippen LogP contribution is -2.28. The molecule has 0 bridgehead atoms. The number of aromatic nitrogens is 4. The third kappa shape index (κ3) is 56.6. The summed E-state index contributed by atoms with van der Waals surface area (Å²) in [5, 5.41) is 0. The highest BCUT2D eigenvalue weighted by atomic mass is 19.1. The number of allylic oxidation sites excluding steroid dienone is 2. The van der Waals surface area contributed by atoms with Gasteiger partial charge in [0.15, 0.2) is 5.78 Å². The number of carbonyl (C=O) groups excluding carboxylic acids is 5. The van der Waals surface area contributed by atoms with Crippen molar-refractivity contribution >= 4 is 35.6 Å². The van der Waals surface area contributed by atoms with Gasteiger partial charge in [0.1, 0.15) is 11.9 Å². The summed E-state index contributed by atoms with van der Waals surface area (Å²) in [5.74, 6) is 2.05. The second-order valence-corrected chi connectivity index (χ2v) is 25.3. The summed E-state index contributed by atoms with van der Waals surface area (Å²) in [5.41, 5.74) is 2.54. The molecule has 80 heavy (non-hydrogen) atoms. The number of nitrogens with zero attached hydrogens (tertiary/aromatic N) is 4. The van der Waals surface area contributed by atoms with Crippen molar-refractivity contribution in [1.29, 1.82) is 0 Å². The average Bonchev–Trinajstić information content (AvgIpc) is 3.73. The first-order valence-electron chi connectivity index (χ1n) is 26.9. The minimum Gasteiger partial charge on any atom is -0.463 e. The van der Waals surface area contributed by atoms with Crippen LogP contribution in [0, 0.1) is 40.1 Å². The van der Waals surface area contributed by atoms with Crippen LogP contribution in [0.1, 0.15) is 190 Å². The van der Waals surface area contributed by atoms with Crippen molar-refractivity contribution in [3.63, 3.8) is 0 Å². The fourth-order valence-corrected chi connectivity index (χ4v) is 5.23. The molecule has 0 aliphatic carbocycles. The van der Waals surface area contributed by atoms with E-state index in [-0.39, 0.29) is 69.6 Å². The van der Waals surface area contributed by atoms with Crippen LogP contribution in [0.5, 0.6) is 0 Å². The van der Waals surface area contributed by atoms with Gasteiger partial charge in [-0.15, -0.1) is 6.42 Å². The summed E-state index contributed by atoms with van der Waals surface area (Å²) < 4.78 is 39.4. The van der Waals surface area contributed by atoms with Crippen LogP contribution < -0.4 is 0 Å². The second kappa shape index (κ2) is 41.8. The van der Waals surface area contributed by atoms with E-state index in [1.807, 2.05) is 123 Å². The standard InChI is InChI=1S/C10H16N2.C10H18O3.C10H16O2.C10H18O.C9H16O3.C8H11FN2.C8H12O/c1-5-9-11-6-7-12(9)8-10(2,3)4;1-5-12-9(11)7-6-8-13-10(2,3)4;1-6-8(10(3,4)5)12-9(11)7-2;1-8(2)6-9(11)7-10(3,4)5;1-5-11-9(10)8(4)6-12-7(2)3;1-8(2,3)6-4-10-7(9)11-5-6;1-5-7(9)6-8(2,3)4/h5-7H,1,8H2,2-4H3;6-7H,5,8H2,1-4H3;6-8H,1-2H2,3-5H3;6H,7H2,1-5H3;7H,4-6H2,1-3H3;4-5H,1-3H3;1H,6H2,2-4H3/b;7-6+;;;;;. The van der Waals surface area contributed by atoms with Crippen molar-refractivity contribution in [1.82, 2.24) is 19.5 Å². The van der Waals surface area contributed by atoms with Gasteiger partial charge in [0.2, 0.25) is 5.78 Å². The van der Waals surface area contributed by atoms with Crippen molar-refractivity contribution in [2.24, 2.45) is 21.7 Å². The number of terminal acetylenes is 1. The average molecular weight is 1120 g/mol. The number of hydrogen-bond donors (Lipinski definition) is 0. The zero-order valence-electron chi connectivity index (χ0n) is 54.0. The number of halogens is 1. The Morgan fingerprint density at radius 1 is 0.762 bits per heavy atom. The van der Waals surface area contributed by atoms with Crippen LogP contribution in [0.3, 0.4) is 0 Å². The Kier molecular flexibility index (Phi) is 43.3. The van der Waals surface area contributed by atoms with E-state index in [1.165, 1.54) is 18.5 Å². The maximum absolute atomic E-state index is 12.3. The van der Waals surface area contributed by atoms with Gasteiger partial charge in [0.25, 0.3) is 0 Å². The van der Waals surface area contributed by atoms with Crippen LogP contribution in [-0.4, -0.2) is 93.2 Å². The lowest BCUT2D eigenvalue weighted by atomic mass is 9.89. The van der Waals surface area contributed by atoms with Crippen LogP contribution in [0.2, 0.25) is 0 Å². The molecule has 0 saturated heterocycles. The van der Waals surface area contributed by atoms with Crippen molar-refractivity contribution in [3.05, 3.63) is 110 Å². The van der Waals surface area contributed by atoms with E-state index in [1.54, 1.807) is 38.2 Å². The number of ketones is 2. The van der Waals surface area contributed by atoms with Crippen molar-refractivity contribution in [3.8, 4) is 12.3 Å². The van der Waals surface area contributed by atoms with Gasteiger partial charge >= 0.3 is 24.0 Å². The van der Waals surface area contributed by atoms with Crippen molar-refractivity contribution < 1.29 is 52.0 Å². The van der Waals surface area contributed by atoms with Gasteiger partial charge in [-0.1, -0.05) is 148 Å². The molecular weight excluding hydrogens is 1020 g/mol. The quantitative estimate of drug-likeness (QED) is 0.0278. The molecule has 0 spiro atoms. The smallest absolute Gasteiger partial charge is 0.335 e. The molecule has 1 atom stereocenters. The predicted molar refractivity (Wildman–Crippen MR) is 327 cm³/mol.